The van der Waals surface area contributed by atoms with Gasteiger partial charge in [-0.25, -0.2) is 0 Å². The molecule has 0 amide bonds. The molecule has 1 aliphatic carbocycles. The van der Waals surface area contributed by atoms with Crippen LogP contribution in [-0.4, -0.2) is 7.05 Å². The third-order valence-electron chi connectivity index (χ3n) is 3.25. The van der Waals surface area contributed by atoms with E-state index in [1.54, 1.807) is 0 Å². The molecular formula is C12H15Cl2N. The molecule has 0 aromatic heterocycles. The normalized spacial score (nSPS) is 18.6. The van der Waals surface area contributed by atoms with Gasteiger partial charge in [0, 0.05) is 6.04 Å². The van der Waals surface area contributed by atoms with Gasteiger partial charge in [-0.3, -0.25) is 0 Å². The van der Waals surface area contributed by atoms with Crippen LogP contribution in [0.25, 0.3) is 0 Å². The molecule has 3 heteroatoms. The van der Waals surface area contributed by atoms with Crippen LogP contribution in [0.5, 0.6) is 0 Å². The molecule has 1 aromatic carbocycles. The zero-order valence-corrected chi connectivity index (χ0v) is 10.3. The van der Waals surface area contributed by atoms with E-state index >= 15 is 0 Å². The van der Waals surface area contributed by atoms with E-state index in [-0.39, 0.29) is 0 Å². The van der Waals surface area contributed by atoms with Gasteiger partial charge in [0.2, 0.25) is 0 Å². The molecular weight excluding hydrogens is 229 g/mol. The summed E-state index contributed by atoms with van der Waals surface area (Å²) in [6.45, 7) is 0. The predicted molar refractivity (Wildman–Crippen MR) is 65.6 cm³/mol. The SMILES string of the molecule is CNC(c1cccc(Cl)c1Cl)C1CCC1. The molecule has 15 heavy (non-hydrogen) atoms. The molecule has 0 saturated heterocycles. The summed E-state index contributed by atoms with van der Waals surface area (Å²) in [5.41, 5.74) is 1.14. The largest absolute Gasteiger partial charge is 0.313 e. The van der Waals surface area contributed by atoms with Crippen LogP contribution in [0.3, 0.4) is 0 Å². The summed E-state index contributed by atoms with van der Waals surface area (Å²) in [6, 6.07) is 6.21. The Hall–Kier alpha value is -0.240. The first-order valence-electron chi connectivity index (χ1n) is 5.35. The van der Waals surface area contributed by atoms with Gasteiger partial charge < -0.3 is 5.32 Å². The van der Waals surface area contributed by atoms with Crippen molar-refractivity contribution in [1.29, 1.82) is 0 Å². The summed E-state index contributed by atoms with van der Waals surface area (Å²) in [5.74, 6) is 0.714. The second-order valence-corrected chi connectivity index (χ2v) is 4.89. The number of hydrogen-bond acceptors (Lipinski definition) is 1. The van der Waals surface area contributed by atoms with Crippen molar-refractivity contribution in [3.8, 4) is 0 Å². The minimum Gasteiger partial charge on any atom is -0.313 e. The van der Waals surface area contributed by atoms with E-state index < -0.39 is 0 Å². The average molecular weight is 244 g/mol. The molecule has 1 unspecified atom stereocenters. The van der Waals surface area contributed by atoms with Crippen molar-refractivity contribution in [2.45, 2.75) is 25.3 Å². The van der Waals surface area contributed by atoms with Crippen molar-refractivity contribution >= 4 is 23.2 Å². The summed E-state index contributed by atoms with van der Waals surface area (Å²) < 4.78 is 0. The number of halogens is 2. The molecule has 1 fully saturated rings. The highest BCUT2D eigenvalue weighted by Crippen LogP contribution is 2.41. The zero-order valence-electron chi connectivity index (χ0n) is 8.76. The van der Waals surface area contributed by atoms with Crippen LogP contribution in [0.15, 0.2) is 18.2 Å². The Morgan fingerprint density at radius 3 is 2.60 bits per heavy atom. The maximum Gasteiger partial charge on any atom is 0.0640 e. The lowest BCUT2D eigenvalue weighted by molar-refractivity contribution is 0.239. The van der Waals surface area contributed by atoms with Crippen LogP contribution in [0.2, 0.25) is 10.0 Å². The standard InChI is InChI=1S/C12H15Cl2N/c1-15-12(8-4-2-5-8)9-6-3-7-10(13)11(9)14/h3,6-8,12,15H,2,4-5H2,1H3. The minimum atomic E-state index is 0.352. The Bertz CT molecular complexity index is 347. The number of nitrogens with one attached hydrogen (secondary N) is 1. The molecule has 1 aliphatic rings. The van der Waals surface area contributed by atoms with E-state index in [0.717, 1.165) is 5.56 Å². The van der Waals surface area contributed by atoms with Crippen molar-refractivity contribution in [1.82, 2.24) is 5.32 Å². The van der Waals surface area contributed by atoms with Crippen LogP contribution >= 0.6 is 23.2 Å². The lowest BCUT2D eigenvalue weighted by Gasteiger charge is -2.34. The Labute approximate surface area is 101 Å². The van der Waals surface area contributed by atoms with Crippen molar-refractivity contribution in [3.63, 3.8) is 0 Å². The van der Waals surface area contributed by atoms with Crippen molar-refractivity contribution < 1.29 is 0 Å². The minimum absolute atomic E-state index is 0.352. The van der Waals surface area contributed by atoms with Crippen molar-refractivity contribution in [3.05, 3.63) is 33.8 Å². The molecule has 0 aliphatic heterocycles. The first-order valence-corrected chi connectivity index (χ1v) is 6.11. The highest BCUT2D eigenvalue weighted by Gasteiger charge is 2.28. The van der Waals surface area contributed by atoms with E-state index in [9.17, 15) is 0 Å². The van der Waals surface area contributed by atoms with E-state index in [1.807, 2.05) is 19.2 Å². The third-order valence-corrected chi connectivity index (χ3v) is 4.08. The quantitative estimate of drug-likeness (QED) is 0.845. The number of hydrogen-bond donors (Lipinski definition) is 1. The van der Waals surface area contributed by atoms with E-state index in [4.69, 9.17) is 23.2 Å². The fourth-order valence-electron chi connectivity index (χ4n) is 2.18. The van der Waals surface area contributed by atoms with Gasteiger partial charge in [0.05, 0.1) is 10.0 Å². The van der Waals surface area contributed by atoms with Crippen LogP contribution in [0.4, 0.5) is 0 Å². The fraction of sp³-hybridized carbons (Fsp3) is 0.500. The first kappa shape index (κ1) is 11.3. The molecule has 0 spiro atoms. The molecule has 2 rings (SSSR count). The van der Waals surface area contributed by atoms with Gasteiger partial charge in [-0.05, 0) is 37.4 Å². The van der Waals surface area contributed by atoms with Gasteiger partial charge >= 0.3 is 0 Å². The Morgan fingerprint density at radius 1 is 1.33 bits per heavy atom. The smallest absolute Gasteiger partial charge is 0.0640 e. The fourth-order valence-corrected chi connectivity index (χ4v) is 2.60. The molecule has 82 valence electrons. The monoisotopic (exact) mass is 243 g/mol. The molecule has 0 heterocycles. The topological polar surface area (TPSA) is 12.0 Å². The number of rotatable bonds is 3. The lowest BCUT2D eigenvalue weighted by atomic mass is 9.77. The van der Waals surface area contributed by atoms with Gasteiger partial charge in [-0.2, -0.15) is 0 Å². The average Bonchev–Trinajstić information content (AvgIpc) is 2.16. The Balaban J connectivity index is 2.29. The number of benzene rings is 1. The summed E-state index contributed by atoms with van der Waals surface area (Å²) in [6.07, 6.45) is 3.91. The van der Waals surface area contributed by atoms with Gasteiger partial charge in [0.1, 0.15) is 0 Å². The van der Waals surface area contributed by atoms with E-state index in [0.29, 0.717) is 22.0 Å². The maximum atomic E-state index is 6.22. The van der Waals surface area contributed by atoms with Crippen molar-refractivity contribution in [2.24, 2.45) is 5.92 Å². The van der Waals surface area contributed by atoms with Gasteiger partial charge in [-0.15, -0.1) is 0 Å². The van der Waals surface area contributed by atoms with Crippen molar-refractivity contribution in [2.75, 3.05) is 7.05 Å². The summed E-state index contributed by atoms with van der Waals surface area (Å²) in [7, 11) is 1.99. The summed E-state index contributed by atoms with van der Waals surface area (Å²) in [5, 5.41) is 4.69. The van der Waals surface area contributed by atoms with E-state index in [1.165, 1.54) is 19.3 Å². The second kappa shape index (κ2) is 4.73. The maximum absolute atomic E-state index is 6.22. The lowest BCUT2D eigenvalue weighted by Crippen LogP contribution is -2.30. The van der Waals surface area contributed by atoms with Crippen LogP contribution in [0.1, 0.15) is 30.9 Å². The molecule has 0 radical (unpaired) electrons. The summed E-state index contributed by atoms with van der Waals surface area (Å²) in [4.78, 5) is 0. The van der Waals surface area contributed by atoms with Crippen LogP contribution in [-0.2, 0) is 0 Å². The van der Waals surface area contributed by atoms with Gasteiger partial charge in [0.25, 0.3) is 0 Å². The molecule has 1 N–H and O–H groups in total. The summed E-state index contributed by atoms with van der Waals surface area (Å²) >= 11 is 12.2. The highest BCUT2D eigenvalue weighted by molar-refractivity contribution is 6.42. The molecule has 0 bridgehead atoms. The predicted octanol–water partition coefficient (Wildman–Crippen LogP) is 4.05. The molecule has 1 atom stereocenters. The molecule has 1 aromatic rings. The van der Waals surface area contributed by atoms with Gasteiger partial charge in [-0.1, -0.05) is 41.8 Å². The zero-order chi connectivity index (χ0) is 10.8. The third kappa shape index (κ3) is 2.15. The molecule has 1 saturated carbocycles. The Kier molecular flexibility index (Phi) is 3.55. The first-order chi connectivity index (χ1) is 7.24. The van der Waals surface area contributed by atoms with E-state index in [2.05, 4.69) is 11.4 Å². The Morgan fingerprint density at radius 2 is 2.07 bits per heavy atom. The van der Waals surface area contributed by atoms with Crippen LogP contribution in [0, 0.1) is 5.92 Å². The van der Waals surface area contributed by atoms with Crippen LogP contribution < -0.4 is 5.32 Å². The highest BCUT2D eigenvalue weighted by atomic mass is 35.5. The second-order valence-electron chi connectivity index (χ2n) is 4.10. The molecule has 1 nitrogen and oxygen atoms in total. The van der Waals surface area contributed by atoms with Gasteiger partial charge in [0.15, 0.2) is 0 Å².